The van der Waals surface area contributed by atoms with E-state index in [0.717, 1.165) is 22.1 Å². The molecule has 3 rings (SSSR count). The highest BCUT2D eigenvalue weighted by atomic mass is 16.5. The van der Waals surface area contributed by atoms with Gasteiger partial charge in [-0.05, 0) is 12.1 Å². The van der Waals surface area contributed by atoms with E-state index in [-0.39, 0.29) is 0 Å². The summed E-state index contributed by atoms with van der Waals surface area (Å²) in [6, 6.07) is 9.71. The largest absolute Gasteiger partial charge is 0.494 e. The summed E-state index contributed by atoms with van der Waals surface area (Å²) in [5.41, 5.74) is 1.58. The Morgan fingerprint density at radius 2 is 1.79 bits per heavy atom. The lowest BCUT2D eigenvalue weighted by atomic mass is 10.1. The molecule has 2 heterocycles. The summed E-state index contributed by atoms with van der Waals surface area (Å²) in [4.78, 5) is 4.53. The molecule has 0 bridgehead atoms. The van der Waals surface area contributed by atoms with Gasteiger partial charge in [0.25, 0.3) is 0 Å². The summed E-state index contributed by atoms with van der Waals surface area (Å²) < 4.78 is 16.0. The maximum Gasteiger partial charge on any atom is 0.221 e. The number of pyridine rings is 1. The molecule has 96 valence electrons. The predicted molar refractivity (Wildman–Crippen MR) is 72.5 cm³/mol. The van der Waals surface area contributed by atoms with Crippen LogP contribution in [0, 0.1) is 0 Å². The van der Waals surface area contributed by atoms with Gasteiger partial charge in [-0.25, -0.2) is 4.98 Å². The van der Waals surface area contributed by atoms with Gasteiger partial charge in [-0.2, -0.15) is 0 Å². The number of nitrogens with zero attached hydrogens (tertiary/aromatic N) is 1. The smallest absolute Gasteiger partial charge is 0.221 e. The van der Waals surface area contributed by atoms with Crippen molar-refractivity contribution in [2.45, 2.75) is 0 Å². The van der Waals surface area contributed by atoms with E-state index in [9.17, 15) is 0 Å². The molecule has 19 heavy (non-hydrogen) atoms. The maximum absolute atomic E-state index is 5.52. The molecule has 3 aromatic rings. The summed E-state index contributed by atoms with van der Waals surface area (Å²) >= 11 is 0. The number of aromatic nitrogens is 1. The number of furan rings is 1. The van der Waals surface area contributed by atoms with Crippen molar-refractivity contribution in [2.24, 2.45) is 0 Å². The second kappa shape index (κ2) is 4.65. The number of hydrogen-bond acceptors (Lipinski definition) is 4. The molecule has 0 aliphatic carbocycles. The van der Waals surface area contributed by atoms with E-state index in [4.69, 9.17) is 13.9 Å². The molecule has 4 heteroatoms. The van der Waals surface area contributed by atoms with Crippen molar-refractivity contribution < 1.29 is 13.9 Å². The van der Waals surface area contributed by atoms with Gasteiger partial charge < -0.3 is 13.9 Å². The van der Waals surface area contributed by atoms with Gasteiger partial charge >= 0.3 is 0 Å². The molecule has 0 radical (unpaired) electrons. The normalized spacial score (nSPS) is 10.6. The van der Waals surface area contributed by atoms with Gasteiger partial charge in [0.05, 0.1) is 26.7 Å². The summed E-state index contributed by atoms with van der Waals surface area (Å²) in [7, 11) is 3.25. The van der Waals surface area contributed by atoms with Crippen LogP contribution in [-0.2, 0) is 0 Å². The van der Waals surface area contributed by atoms with Crippen LogP contribution in [0.1, 0.15) is 0 Å². The van der Waals surface area contributed by atoms with Crippen molar-refractivity contribution in [1.29, 1.82) is 0 Å². The molecule has 0 aliphatic rings. The van der Waals surface area contributed by atoms with Gasteiger partial charge in [0.15, 0.2) is 5.75 Å². The molecule has 0 atom stereocenters. The second-order valence-corrected chi connectivity index (χ2v) is 4.06. The fourth-order valence-corrected chi connectivity index (χ4v) is 2.16. The Morgan fingerprint density at radius 1 is 1.00 bits per heavy atom. The minimum atomic E-state index is 0.576. The van der Waals surface area contributed by atoms with Crippen molar-refractivity contribution in [2.75, 3.05) is 14.2 Å². The Kier molecular flexibility index (Phi) is 2.83. The average molecular weight is 255 g/mol. The Morgan fingerprint density at radius 3 is 2.42 bits per heavy atom. The topological polar surface area (TPSA) is 44.5 Å². The monoisotopic (exact) mass is 255 g/mol. The molecule has 0 N–H and O–H groups in total. The van der Waals surface area contributed by atoms with E-state index in [0.29, 0.717) is 11.6 Å². The van der Waals surface area contributed by atoms with Gasteiger partial charge in [0.1, 0.15) is 5.69 Å². The van der Waals surface area contributed by atoms with Gasteiger partial charge in [0.2, 0.25) is 5.88 Å². The first-order valence-corrected chi connectivity index (χ1v) is 5.88. The van der Waals surface area contributed by atoms with Crippen molar-refractivity contribution in [1.82, 2.24) is 4.98 Å². The molecule has 0 aliphatic heterocycles. The van der Waals surface area contributed by atoms with Crippen LogP contribution in [0.25, 0.3) is 22.0 Å². The average Bonchev–Trinajstić information content (AvgIpc) is 2.99. The Hall–Kier alpha value is -2.49. The van der Waals surface area contributed by atoms with Crippen LogP contribution in [0.3, 0.4) is 0 Å². The van der Waals surface area contributed by atoms with Gasteiger partial charge in [-0.1, -0.05) is 18.2 Å². The Labute approximate surface area is 110 Å². The fraction of sp³-hybridized carbons (Fsp3) is 0.133. The number of rotatable bonds is 3. The molecular weight excluding hydrogens is 242 g/mol. The standard InChI is InChI=1S/C15H13NO3/c1-17-14-11-5-3-4-6-12(11)15(18-2)16-13(14)10-7-8-19-9-10/h3-9H,1-2H3. The van der Waals surface area contributed by atoms with E-state index < -0.39 is 0 Å². The molecule has 0 saturated heterocycles. The van der Waals surface area contributed by atoms with Gasteiger partial charge in [0, 0.05) is 16.3 Å². The lowest BCUT2D eigenvalue weighted by molar-refractivity contribution is 0.396. The van der Waals surface area contributed by atoms with Gasteiger partial charge in [-0.15, -0.1) is 0 Å². The number of fused-ring (bicyclic) bond motifs is 1. The molecular formula is C15H13NO3. The summed E-state index contributed by atoms with van der Waals surface area (Å²) in [5, 5.41) is 1.89. The van der Waals surface area contributed by atoms with E-state index in [1.807, 2.05) is 30.3 Å². The number of ether oxygens (including phenoxy) is 2. The van der Waals surface area contributed by atoms with Crippen molar-refractivity contribution >= 4 is 10.8 Å². The molecule has 0 amide bonds. The third-order valence-corrected chi connectivity index (χ3v) is 3.02. The van der Waals surface area contributed by atoms with E-state index in [1.54, 1.807) is 26.7 Å². The van der Waals surface area contributed by atoms with Crippen molar-refractivity contribution in [3.05, 3.63) is 42.9 Å². The zero-order valence-corrected chi connectivity index (χ0v) is 10.7. The first kappa shape index (κ1) is 11.6. The van der Waals surface area contributed by atoms with Crippen LogP contribution in [0.4, 0.5) is 0 Å². The van der Waals surface area contributed by atoms with Crippen LogP contribution < -0.4 is 9.47 Å². The molecule has 4 nitrogen and oxygen atoms in total. The molecule has 0 fully saturated rings. The third-order valence-electron chi connectivity index (χ3n) is 3.02. The fourth-order valence-electron chi connectivity index (χ4n) is 2.16. The van der Waals surface area contributed by atoms with Crippen LogP contribution in [0.2, 0.25) is 0 Å². The Balaban J connectivity index is 2.39. The van der Waals surface area contributed by atoms with E-state index >= 15 is 0 Å². The summed E-state index contributed by atoms with van der Waals surface area (Å²) in [6.07, 6.45) is 3.25. The van der Waals surface area contributed by atoms with Crippen LogP contribution in [0.5, 0.6) is 11.6 Å². The zero-order valence-electron chi connectivity index (χ0n) is 10.7. The molecule has 2 aromatic heterocycles. The highest BCUT2D eigenvalue weighted by molar-refractivity contribution is 5.96. The van der Waals surface area contributed by atoms with Crippen molar-refractivity contribution in [3.8, 4) is 22.9 Å². The third kappa shape index (κ3) is 1.81. The highest BCUT2D eigenvalue weighted by Crippen LogP contribution is 2.39. The highest BCUT2D eigenvalue weighted by Gasteiger charge is 2.16. The minimum Gasteiger partial charge on any atom is -0.494 e. The first-order chi connectivity index (χ1) is 9.35. The lowest BCUT2D eigenvalue weighted by Gasteiger charge is -2.12. The SMILES string of the molecule is COc1nc(-c2ccoc2)c(OC)c2ccccc12. The molecule has 0 unspecified atom stereocenters. The quantitative estimate of drug-likeness (QED) is 0.718. The molecule has 0 spiro atoms. The van der Waals surface area contributed by atoms with Crippen LogP contribution in [0.15, 0.2) is 47.3 Å². The first-order valence-electron chi connectivity index (χ1n) is 5.88. The second-order valence-electron chi connectivity index (χ2n) is 4.06. The van der Waals surface area contributed by atoms with Gasteiger partial charge in [-0.3, -0.25) is 0 Å². The predicted octanol–water partition coefficient (Wildman–Crippen LogP) is 3.51. The molecule has 1 aromatic carbocycles. The summed E-state index contributed by atoms with van der Waals surface area (Å²) in [6.45, 7) is 0. The number of hydrogen-bond donors (Lipinski definition) is 0. The van der Waals surface area contributed by atoms with E-state index in [2.05, 4.69) is 4.98 Å². The van der Waals surface area contributed by atoms with Crippen LogP contribution >= 0.6 is 0 Å². The summed E-state index contributed by atoms with van der Waals surface area (Å²) in [5.74, 6) is 1.30. The number of methoxy groups -OCH3 is 2. The zero-order chi connectivity index (χ0) is 13.2. The maximum atomic E-state index is 5.52. The minimum absolute atomic E-state index is 0.576. The molecule has 0 saturated carbocycles. The van der Waals surface area contributed by atoms with Crippen LogP contribution in [-0.4, -0.2) is 19.2 Å². The lowest BCUT2D eigenvalue weighted by Crippen LogP contribution is -1.96. The number of benzene rings is 1. The Bertz CT molecular complexity index is 705. The van der Waals surface area contributed by atoms with Crippen molar-refractivity contribution in [3.63, 3.8) is 0 Å². The van der Waals surface area contributed by atoms with E-state index in [1.165, 1.54) is 0 Å².